The third-order valence-electron chi connectivity index (χ3n) is 4.21. The number of aromatic nitrogens is 3. The van der Waals surface area contributed by atoms with Gasteiger partial charge < -0.3 is 14.7 Å². The first-order valence-electron chi connectivity index (χ1n) is 7.55. The fourth-order valence-corrected chi connectivity index (χ4v) is 2.88. The molecular formula is C16H18N4O4. The normalized spacial score (nSPS) is 20.3. The Kier molecular flexibility index (Phi) is 4.30. The smallest absolute Gasteiger partial charge is 0.313 e. The van der Waals surface area contributed by atoms with Crippen molar-refractivity contribution in [3.63, 3.8) is 0 Å². The minimum atomic E-state index is -1.06. The van der Waals surface area contributed by atoms with Crippen LogP contribution < -0.4 is 0 Å². The van der Waals surface area contributed by atoms with Crippen LogP contribution in [0.5, 0.6) is 0 Å². The summed E-state index contributed by atoms with van der Waals surface area (Å²) in [5.74, 6) is -1.27. The molecule has 24 heavy (non-hydrogen) atoms. The highest BCUT2D eigenvalue weighted by molar-refractivity contribution is 5.93. The predicted octanol–water partition coefficient (Wildman–Crippen LogP) is 0.831. The molecule has 8 heteroatoms. The second-order valence-corrected chi connectivity index (χ2v) is 5.85. The molecule has 2 aromatic rings. The van der Waals surface area contributed by atoms with Crippen molar-refractivity contribution < 1.29 is 19.4 Å². The number of carboxylic acid groups (broad SMARTS) is 1. The van der Waals surface area contributed by atoms with Crippen molar-refractivity contribution in [1.29, 1.82) is 0 Å². The topological polar surface area (TPSA) is 97.5 Å². The summed E-state index contributed by atoms with van der Waals surface area (Å²) in [5.41, 5.74) is -0.116. The van der Waals surface area contributed by atoms with E-state index in [1.165, 1.54) is 23.0 Å². The number of amides is 1. The van der Waals surface area contributed by atoms with Gasteiger partial charge in [0.25, 0.3) is 5.91 Å². The van der Waals surface area contributed by atoms with Crippen LogP contribution in [-0.2, 0) is 9.53 Å². The van der Waals surface area contributed by atoms with Crippen LogP contribution in [0, 0.1) is 5.41 Å². The number of benzene rings is 1. The number of methoxy groups -OCH3 is 1. The molecule has 1 saturated heterocycles. The Balaban J connectivity index is 1.76. The van der Waals surface area contributed by atoms with Crippen molar-refractivity contribution in [2.24, 2.45) is 5.41 Å². The third kappa shape index (κ3) is 2.88. The first-order chi connectivity index (χ1) is 11.6. The lowest BCUT2D eigenvalue weighted by Crippen LogP contribution is -2.40. The standard InChI is InChI=1S/C16H18N4O4/c1-24-11-16(15(22)23)7-8-19(10-16)14(21)13-9-17-20(18-13)12-5-3-2-4-6-12/h2-6,9H,7-8,10-11H2,1H3,(H,22,23). The quantitative estimate of drug-likeness (QED) is 0.872. The van der Waals surface area contributed by atoms with E-state index in [9.17, 15) is 14.7 Å². The second kappa shape index (κ2) is 6.40. The molecule has 1 N–H and O–H groups in total. The number of rotatable bonds is 5. The van der Waals surface area contributed by atoms with Crippen molar-refractivity contribution in [3.8, 4) is 5.69 Å². The van der Waals surface area contributed by atoms with Crippen LogP contribution in [0.1, 0.15) is 16.9 Å². The highest BCUT2D eigenvalue weighted by Gasteiger charge is 2.46. The minimum Gasteiger partial charge on any atom is -0.481 e. The Morgan fingerprint density at radius 3 is 2.75 bits per heavy atom. The van der Waals surface area contributed by atoms with E-state index < -0.39 is 11.4 Å². The number of hydrogen-bond acceptors (Lipinski definition) is 5. The van der Waals surface area contributed by atoms with Gasteiger partial charge in [0.1, 0.15) is 5.41 Å². The number of nitrogens with zero attached hydrogens (tertiary/aromatic N) is 4. The van der Waals surface area contributed by atoms with Gasteiger partial charge in [0.05, 0.1) is 18.5 Å². The lowest BCUT2D eigenvalue weighted by molar-refractivity contribution is -0.151. The monoisotopic (exact) mass is 330 g/mol. The van der Waals surface area contributed by atoms with Gasteiger partial charge in [-0.05, 0) is 18.6 Å². The number of aliphatic carboxylic acids is 1. The van der Waals surface area contributed by atoms with Gasteiger partial charge in [-0.25, -0.2) is 0 Å². The lowest BCUT2D eigenvalue weighted by atomic mass is 9.88. The van der Waals surface area contributed by atoms with E-state index in [4.69, 9.17) is 4.74 Å². The molecule has 0 radical (unpaired) electrons. The summed E-state index contributed by atoms with van der Waals surface area (Å²) in [7, 11) is 1.46. The van der Waals surface area contributed by atoms with Crippen LogP contribution >= 0.6 is 0 Å². The highest BCUT2D eigenvalue weighted by Crippen LogP contribution is 2.32. The SMILES string of the molecule is COCC1(C(=O)O)CCN(C(=O)c2cnn(-c3ccccc3)n2)C1. The molecule has 0 saturated carbocycles. The van der Waals surface area contributed by atoms with Crippen molar-refractivity contribution in [2.45, 2.75) is 6.42 Å². The average molecular weight is 330 g/mol. The lowest BCUT2D eigenvalue weighted by Gasteiger charge is -2.23. The maximum atomic E-state index is 12.6. The Bertz CT molecular complexity index is 746. The zero-order valence-corrected chi connectivity index (χ0v) is 13.3. The third-order valence-corrected chi connectivity index (χ3v) is 4.21. The zero-order chi connectivity index (χ0) is 17.2. The fraction of sp³-hybridized carbons (Fsp3) is 0.375. The van der Waals surface area contributed by atoms with Crippen LogP contribution in [0.3, 0.4) is 0 Å². The summed E-state index contributed by atoms with van der Waals surface area (Å²) in [6, 6.07) is 9.25. The average Bonchev–Trinajstić information content (AvgIpc) is 3.23. The molecule has 8 nitrogen and oxygen atoms in total. The second-order valence-electron chi connectivity index (χ2n) is 5.85. The summed E-state index contributed by atoms with van der Waals surface area (Å²) < 4.78 is 5.04. The number of hydrogen-bond donors (Lipinski definition) is 1. The van der Waals surface area contributed by atoms with Gasteiger partial charge in [-0.3, -0.25) is 9.59 Å². The first-order valence-corrected chi connectivity index (χ1v) is 7.55. The summed E-state index contributed by atoms with van der Waals surface area (Å²) in [6.45, 7) is 0.530. The van der Waals surface area contributed by atoms with Crippen LogP contribution in [0.25, 0.3) is 5.69 Å². The molecule has 1 fully saturated rings. The molecule has 1 atom stereocenters. The molecular weight excluding hydrogens is 312 g/mol. The molecule has 2 heterocycles. The van der Waals surface area contributed by atoms with Gasteiger partial charge in [0.15, 0.2) is 5.69 Å². The summed E-state index contributed by atoms with van der Waals surface area (Å²) in [4.78, 5) is 27.0. The van der Waals surface area contributed by atoms with Crippen LogP contribution in [0.2, 0.25) is 0 Å². The van der Waals surface area contributed by atoms with Gasteiger partial charge >= 0.3 is 5.97 Å². The van der Waals surface area contributed by atoms with Gasteiger partial charge in [0.2, 0.25) is 0 Å². The van der Waals surface area contributed by atoms with Gasteiger partial charge in [-0.2, -0.15) is 9.90 Å². The largest absolute Gasteiger partial charge is 0.481 e. The van der Waals surface area contributed by atoms with Crippen LogP contribution in [0.4, 0.5) is 0 Å². The van der Waals surface area contributed by atoms with Crippen LogP contribution in [0.15, 0.2) is 36.5 Å². The Hall–Kier alpha value is -2.74. The number of ether oxygens (including phenoxy) is 1. The summed E-state index contributed by atoms with van der Waals surface area (Å²) in [5, 5.41) is 17.8. The molecule has 126 valence electrons. The van der Waals surface area contributed by atoms with Crippen molar-refractivity contribution in [3.05, 3.63) is 42.2 Å². The number of para-hydroxylation sites is 1. The highest BCUT2D eigenvalue weighted by atomic mass is 16.5. The first kappa shape index (κ1) is 16.1. The van der Waals surface area contributed by atoms with Crippen molar-refractivity contribution in [2.75, 3.05) is 26.8 Å². The maximum Gasteiger partial charge on any atom is 0.313 e. The molecule has 1 aromatic carbocycles. The molecule has 1 aromatic heterocycles. The summed E-state index contributed by atoms with van der Waals surface area (Å²) >= 11 is 0. The number of likely N-dealkylation sites (tertiary alicyclic amines) is 1. The minimum absolute atomic E-state index is 0.0722. The number of carboxylic acids is 1. The van der Waals surface area contributed by atoms with E-state index in [-0.39, 0.29) is 24.8 Å². The van der Waals surface area contributed by atoms with E-state index >= 15 is 0 Å². The number of carbonyl (C=O) groups is 2. The number of carbonyl (C=O) groups excluding carboxylic acids is 1. The molecule has 0 spiro atoms. The Morgan fingerprint density at radius 1 is 1.33 bits per heavy atom. The van der Waals surface area contributed by atoms with Gasteiger partial charge in [-0.15, -0.1) is 5.10 Å². The molecule has 1 aliphatic heterocycles. The van der Waals surface area contributed by atoms with Gasteiger partial charge in [-0.1, -0.05) is 18.2 Å². The van der Waals surface area contributed by atoms with Crippen molar-refractivity contribution >= 4 is 11.9 Å². The maximum absolute atomic E-state index is 12.6. The fourth-order valence-electron chi connectivity index (χ4n) is 2.88. The zero-order valence-electron chi connectivity index (χ0n) is 13.3. The van der Waals surface area contributed by atoms with Gasteiger partial charge in [0, 0.05) is 20.2 Å². The summed E-state index contributed by atoms with van der Waals surface area (Å²) in [6.07, 6.45) is 1.75. The Labute approximate surface area is 138 Å². The predicted molar refractivity (Wildman–Crippen MR) is 83.8 cm³/mol. The molecule has 1 amide bonds. The molecule has 1 unspecified atom stereocenters. The Morgan fingerprint density at radius 2 is 2.08 bits per heavy atom. The molecule has 0 aliphatic carbocycles. The van der Waals surface area contributed by atoms with E-state index in [0.717, 1.165) is 5.69 Å². The van der Waals surface area contributed by atoms with E-state index in [1.54, 1.807) is 0 Å². The van der Waals surface area contributed by atoms with Crippen LogP contribution in [-0.4, -0.2) is 63.7 Å². The van der Waals surface area contributed by atoms with E-state index in [2.05, 4.69) is 10.2 Å². The van der Waals surface area contributed by atoms with E-state index in [0.29, 0.717) is 13.0 Å². The van der Waals surface area contributed by atoms with E-state index in [1.807, 2.05) is 30.3 Å². The molecule has 1 aliphatic rings. The molecule has 3 rings (SSSR count). The van der Waals surface area contributed by atoms with Crippen molar-refractivity contribution in [1.82, 2.24) is 19.9 Å². The molecule has 0 bridgehead atoms.